The fourth-order valence-electron chi connectivity index (χ4n) is 3.66. The Labute approximate surface area is 171 Å². The molecule has 0 heterocycles. The fraction of sp³-hybridized carbons (Fsp3) is 0.318. The third kappa shape index (κ3) is 4.47. The molecule has 0 aromatic heterocycles. The first-order valence-corrected chi connectivity index (χ1v) is 11.2. The van der Waals surface area contributed by atoms with E-state index >= 15 is 0 Å². The second-order valence-electron chi connectivity index (χ2n) is 7.36. The van der Waals surface area contributed by atoms with Gasteiger partial charge in [-0.15, -0.1) is 6.58 Å². The summed E-state index contributed by atoms with van der Waals surface area (Å²) in [5.74, 6) is 0.107. The lowest BCUT2D eigenvalue weighted by atomic mass is 9.80. The van der Waals surface area contributed by atoms with E-state index in [2.05, 4.69) is 12.6 Å². The Morgan fingerprint density at radius 3 is 2.43 bits per heavy atom. The molecule has 1 aliphatic rings. The van der Waals surface area contributed by atoms with E-state index in [9.17, 15) is 18.8 Å². The van der Waals surface area contributed by atoms with Gasteiger partial charge in [0.05, 0.1) is 27.9 Å². The van der Waals surface area contributed by atoms with E-state index in [1.807, 2.05) is 0 Å². The van der Waals surface area contributed by atoms with Crippen molar-refractivity contribution in [3.8, 4) is 17.2 Å². The van der Waals surface area contributed by atoms with Crippen LogP contribution in [0, 0.1) is 17.2 Å². The van der Waals surface area contributed by atoms with Crippen LogP contribution in [0.3, 0.4) is 0 Å². The maximum absolute atomic E-state index is 12.8. The van der Waals surface area contributed by atoms with Crippen molar-refractivity contribution >= 4 is 21.4 Å². The monoisotopic (exact) mass is 415 g/mol. The normalized spacial score (nSPS) is 22.4. The van der Waals surface area contributed by atoms with Gasteiger partial charge in [-0.05, 0) is 67.0 Å². The third-order valence-electron chi connectivity index (χ3n) is 5.43. The van der Waals surface area contributed by atoms with Crippen LogP contribution in [0.15, 0.2) is 60.0 Å². The highest BCUT2D eigenvalue weighted by Crippen LogP contribution is 2.34. The van der Waals surface area contributed by atoms with Gasteiger partial charge in [0.25, 0.3) is 0 Å². The lowest BCUT2D eigenvalue weighted by Gasteiger charge is -2.33. The van der Waals surface area contributed by atoms with E-state index < -0.39 is 15.4 Å². The molecule has 1 saturated carbocycles. The van der Waals surface area contributed by atoms with Gasteiger partial charge >= 0.3 is 0 Å². The Hall–Kier alpha value is -2.13. The summed E-state index contributed by atoms with van der Waals surface area (Å²) in [5.41, 5.74) is 1.06. The molecule has 0 unspecified atom stereocenters. The van der Waals surface area contributed by atoms with Crippen LogP contribution in [0.2, 0.25) is 5.02 Å². The average Bonchev–Trinajstić information content (AvgIpc) is 2.70. The Balaban J connectivity index is 1.76. The maximum Gasteiger partial charge on any atom is 0.178 e. The van der Waals surface area contributed by atoms with Gasteiger partial charge in [-0.1, -0.05) is 35.9 Å². The maximum atomic E-state index is 12.8. The number of rotatable bonds is 5. The predicted octanol–water partition coefficient (Wildman–Crippen LogP) is 4.76. The van der Waals surface area contributed by atoms with Crippen LogP contribution in [-0.4, -0.2) is 24.9 Å². The molecule has 0 saturated heterocycles. The fourth-order valence-corrected chi connectivity index (χ4v) is 5.53. The molecule has 0 aliphatic heterocycles. The number of hydrogen-bond acceptors (Lipinski definition) is 4. The molecule has 0 atom stereocenters. The van der Waals surface area contributed by atoms with Gasteiger partial charge in [0.2, 0.25) is 0 Å². The zero-order valence-electron chi connectivity index (χ0n) is 15.4. The standard InChI is InChI=1S/C22H22ClNO3S/c1-2-22(25)11-9-16(10-12-22)15-28(26,27)20-6-3-17(4-7-20)21-8-5-19(23)13-18(21)14-24/h2-8,13,16,25H,1,9-12,15H2. The molecule has 0 amide bonds. The first-order valence-electron chi connectivity index (χ1n) is 9.15. The second kappa shape index (κ2) is 8.08. The molecule has 1 N–H and O–H groups in total. The number of nitrogens with zero attached hydrogens (tertiary/aromatic N) is 1. The molecule has 3 rings (SSSR count). The van der Waals surface area contributed by atoms with Crippen molar-refractivity contribution in [3.05, 3.63) is 65.7 Å². The van der Waals surface area contributed by atoms with Crippen molar-refractivity contribution in [2.24, 2.45) is 5.92 Å². The number of hydrogen-bond donors (Lipinski definition) is 1. The van der Waals surface area contributed by atoms with E-state index in [-0.39, 0.29) is 16.6 Å². The summed E-state index contributed by atoms with van der Waals surface area (Å²) in [4.78, 5) is 0.272. The lowest BCUT2D eigenvalue weighted by molar-refractivity contribution is 0.0387. The number of aliphatic hydroxyl groups is 1. The van der Waals surface area contributed by atoms with E-state index in [0.29, 0.717) is 41.8 Å². The number of benzene rings is 2. The van der Waals surface area contributed by atoms with Crippen molar-refractivity contribution < 1.29 is 13.5 Å². The Kier molecular flexibility index (Phi) is 5.95. The molecule has 2 aromatic rings. The molecule has 1 fully saturated rings. The van der Waals surface area contributed by atoms with Gasteiger partial charge < -0.3 is 5.11 Å². The van der Waals surface area contributed by atoms with E-state index in [1.54, 1.807) is 48.5 Å². The summed E-state index contributed by atoms with van der Waals surface area (Å²) < 4.78 is 25.6. The molecular formula is C22H22ClNO3S. The topological polar surface area (TPSA) is 78.2 Å². The molecular weight excluding hydrogens is 394 g/mol. The van der Waals surface area contributed by atoms with Crippen LogP contribution in [0.25, 0.3) is 11.1 Å². The van der Waals surface area contributed by atoms with Crippen LogP contribution in [0.1, 0.15) is 31.2 Å². The van der Waals surface area contributed by atoms with Crippen LogP contribution in [-0.2, 0) is 9.84 Å². The first-order chi connectivity index (χ1) is 13.3. The number of nitriles is 1. The summed E-state index contributed by atoms with van der Waals surface area (Å²) in [7, 11) is -3.42. The summed E-state index contributed by atoms with van der Waals surface area (Å²) >= 11 is 5.94. The van der Waals surface area contributed by atoms with Crippen LogP contribution >= 0.6 is 11.6 Å². The summed E-state index contributed by atoms with van der Waals surface area (Å²) in [6.45, 7) is 3.66. The average molecular weight is 416 g/mol. The van der Waals surface area contributed by atoms with Gasteiger partial charge in [0.15, 0.2) is 9.84 Å². The molecule has 4 nitrogen and oxygen atoms in total. The minimum atomic E-state index is -3.42. The Bertz CT molecular complexity index is 1010. The molecule has 0 radical (unpaired) electrons. The highest BCUT2D eigenvalue weighted by atomic mass is 35.5. The Morgan fingerprint density at radius 2 is 1.86 bits per heavy atom. The Morgan fingerprint density at radius 1 is 1.21 bits per heavy atom. The highest BCUT2D eigenvalue weighted by Gasteiger charge is 2.32. The van der Waals surface area contributed by atoms with Crippen molar-refractivity contribution in [1.29, 1.82) is 5.26 Å². The van der Waals surface area contributed by atoms with Gasteiger partial charge in [-0.2, -0.15) is 5.26 Å². The molecule has 6 heteroatoms. The molecule has 0 bridgehead atoms. The van der Waals surface area contributed by atoms with Crippen LogP contribution in [0.4, 0.5) is 0 Å². The summed E-state index contributed by atoms with van der Waals surface area (Å²) in [5, 5.41) is 20.0. The van der Waals surface area contributed by atoms with Crippen LogP contribution in [0.5, 0.6) is 0 Å². The largest absolute Gasteiger partial charge is 0.386 e. The minimum absolute atomic E-state index is 0.0337. The molecule has 28 heavy (non-hydrogen) atoms. The van der Waals surface area contributed by atoms with Gasteiger partial charge in [-0.3, -0.25) is 0 Å². The summed E-state index contributed by atoms with van der Waals surface area (Å²) in [6.07, 6.45) is 3.97. The molecule has 1 aliphatic carbocycles. The van der Waals surface area contributed by atoms with E-state index in [0.717, 1.165) is 5.56 Å². The van der Waals surface area contributed by atoms with Gasteiger partial charge in [-0.25, -0.2) is 8.42 Å². The molecule has 2 aromatic carbocycles. The molecule has 0 spiro atoms. The van der Waals surface area contributed by atoms with Gasteiger partial charge in [0, 0.05) is 5.02 Å². The van der Waals surface area contributed by atoms with Crippen molar-refractivity contribution in [3.63, 3.8) is 0 Å². The summed E-state index contributed by atoms with van der Waals surface area (Å²) in [6, 6.07) is 13.8. The van der Waals surface area contributed by atoms with Crippen molar-refractivity contribution in [2.45, 2.75) is 36.2 Å². The minimum Gasteiger partial charge on any atom is -0.386 e. The third-order valence-corrected chi connectivity index (χ3v) is 7.57. The van der Waals surface area contributed by atoms with E-state index in [4.69, 9.17) is 11.6 Å². The SMILES string of the molecule is C=CC1(O)CCC(CS(=O)(=O)c2ccc(-c3ccc(Cl)cc3C#N)cc2)CC1. The first kappa shape index (κ1) is 20.6. The van der Waals surface area contributed by atoms with Crippen molar-refractivity contribution in [2.75, 3.05) is 5.75 Å². The second-order valence-corrected chi connectivity index (χ2v) is 9.83. The molecule has 146 valence electrons. The van der Waals surface area contributed by atoms with Crippen molar-refractivity contribution in [1.82, 2.24) is 0 Å². The number of sulfone groups is 1. The quantitative estimate of drug-likeness (QED) is 0.714. The highest BCUT2D eigenvalue weighted by molar-refractivity contribution is 7.91. The van der Waals surface area contributed by atoms with Crippen LogP contribution < -0.4 is 0 Å². The zero-order chi connectivity index (χ0) is 20.4. The predicted molar refractivity (Wildman–Crippen MR) is 111 cm³/mol. The smallest absolute Gasteiger partial charge is 0.178 e. The van der Waals surface area contributed by atoms with Gasteiger partial charge in [0.1, 0.15) is 0 Å². The van der Waals surface area contributed by atoms with E-state index in [1.165, 1.54) is 0 Å². The zero-order valence-corrected chi connectivity index (χ0v) is 17.0. The lowest BCUT2D eigenvalue weighted by Crippen LogP contribution is -2.33. The number of halogens is 1.